The summed E-state index contributed by atoms with van der Waals surface area (Å²) in [5.74, 6) is 3.84. The Labute approximate surface area is 108 Å². The average molecular weight is 237 g/mol. The van der Waals surface area contributed by atoms with Gasteiger partial charge in [0.05, 0.1) is 0 Å². The third-order valence-corrected chi connectivity index (χ3v) is 5.54. The van der Waals surface area contributed by atoms with Gasteiger partial charge in [0.2, 0.25) is 0 Å². The monoisotopic (exact) mass is 237 g/mol. The van der Waals surface area contributed by atoms with Gasteiger partial charge in [0.1, 0.15) is 0 Å². The molecule has 0 aromatic heterocycles. The van der Waals surface area contributed by atoms with Crippen molar-refractivity contribution in [1.82, 2.24) is 0 Å². The summed E-state index contributed by atoms with van der Waals surface area (Å²) in [5.41, 5.74) is 6.03. The zero-order valence-corrected chi connectivity index (χ0v) is 11.7. The predicted molar refractivity (Wildman–Crippen MR) is 74.9 cm³/mol. The Kier molecular flexibility index (Phi) is 5.34. The van der Waals surface area contributed by atoms with Gasteiger partial charge < -0.3 is 5.73 Å². The van der Waals surface area contributed by atoms with Crippen molar-refractivity contribution in [2.24, 2.45) is 29.4 Å². The molecule has 1 heteroatoms. The molecule has 1 nitrogen and oxygen atoms in total. The molecule has 0 spiro atoms. The van der Waals surface area contributed by atoms with Crippen molar-refractivity contribution in [3.63, 3.8) is 0 Å². The van der Waals surface area contributed by atoms with E-state index < -0.39 is 0 Å². The van der Waals surface area contributed by atoms with Gasteiger partial charge in [0.15, 0.2) is 0 Å². The van der Waals surface area contributed by atoms with Gasteiger partial charge in [-0.3, -0.25) is 0 Å². The summed E-state index contributed by atoms with van der Waals surface area (Å²) in [6.07, 6.45) is 14.7. The highest BCUT2D eigenvalue weighted by Gasteiger charge is 2.34. The van der Waals surface area contributed by atoms with Crippen LogP contribution in [0.2, 0.25) is 0 Å². The summed E-state index contributed by atoms with van der Waals surface area (Å²) >= 11 is 0. The van der Waals surface area contributed by atoms with Gasteiger partial charge in [0.25, 0.3) is 0 Å². The number of hydrogen-bond donors (Lipinski definition) is 1. The van der Waals surface area contributed by atoms with Crippen LogP contribution in [0.3, 0.4) is 0 Å². The SMILES string of the molecule is CCC1CCC(CN)C(C2CCCCCC2)C1. The Morgan fingerprint density at radius 1 is 0.941 bits per heavy atom. The van der Waals surface area contributed by atoms with E-state index in [4.69, 9.17) is 5.73 Å². The molecule has 2 N–H and O–H groups in total. The summed E-state index contributed by atoms with van der Waals surface area (Å²) in [7, 11) is 0. The van der Waals surface area contributed by atoms with Crippen LogP contribution in [0.15, 0.2) is 0 Å². The maximum atomic E-state index is 6.03. The zero-order chi connectivity index (χ0) is 12.1. The fourth-order valence-corrected chi connectivity index (χ4v) is 4.34. The first-order valence-electron chi connectivity index (χ1n) is 8.05. The molecule has 2 saturated carbocycles. The molecule has 0 amide bonds. The van der Waals surface area contributed by atoms with Gasteiger partial charge in [-0.2, -0.15) is 0 Å². The summed E-state index contributed by atoms with van der Waals surface area (Å²) in [4.78, 5) is 0. The maximum Gasteiger partial charge on any atom is -0.00461 e. The molecule has 2 aliphatic rings. The van der Waals surface area contributed by atoms with Crippen LogP contribution >= 0.6 is 0 Å². The minimum absolute atomic E-state index is 0.848. The molecule has 3 unspecified atom stereocenters. The quantitative estimate of drug-likeness (QED) is 0.725. The van der Waals surface area contributed by atoms with Gasteiger partial charge in [-0.1, -0.05) is 58.3 Å². The van der Waals surface area contributed by atoms with Crippen LogP contribution in [-0.4, -0.2) is 6.54 Å². The summed E-state index contributed by atoms with van der Waals surface area (Å²) in [6.45, 7) is 3.31. The molecule has 0 aliphatic heterocycles. The van der Waals surface area contributed by atoms with E-state index in [1.807, 2.05) is 0 Å². The average Bonchev–Trinajstić information content (AvgIpc) is 2.66. The molecular weight excluding hydrogens is 206 g/mol. The second-order valence-corrected chi connectivity index (χ2v) is 6.50. The molecule has 3 atom stereocenters. The highest BCUT2D eigenvalue weighted by atomic mass is 14.6. The molecule has 0 aromatic carbocycles. The Bertz CT molecular complexity index is 206. The van der Waals surface area contributed by atoms with Crippen molar-refractivity contribution in [1.29, 1.82) is 0 Å². The second-order valence-electron chi connectivity index (χ2n) is 6.50. The molecule has 0 bridgehead atoms. The van der Waals surface area contributed by atoms with Gasteiger partial charge in [-0.15, -0.1) is 0 Å². The van der Waals surface area contributed by atoms with Gasteiger partial charge >= 0.3 is 0 Å². The molecule has 2 aliphatic carbocycles. The summed E-state index contributed by atoms with van der Waals surface area (Å²) in [6, 6.07) is 0. The molecule has 2 rings (SSSR count). The van der Waals surface area contributed by atoms with E-state index in [0.717, 1.165) is 30.2 Å². The molecule has 0 radical (unpaired) electrons. The van der Waals surface area contributed by atoms with Crippen LogP contribution in [-0.2, 0) is 0 Å². The van der Waals surface area contributed by atoms with Crippen molar-refractivity contribution in [2.75, 3.05) is 6.54 Å². The lowest BCUT2D eigenvalue weighted by molar-refractivity contribution is 0.112. The smallest absolute Gasteiger partial charge is 0.00461 e. The Morgan fingerprint density at radius 3 is 2.24 bits per heavy atom. The third-order valence-electron chi connectivity index (χ3n) is 5.54. The van der Waals surface area contributed by atoms with E-state index in [1.165, 1.54) is 64.2 Å². The van der Waals surface area contributed by atoms with Gasteiger partial charge in [0, 0.05) is 0 Å². The van der Waals surface area contributed by atoms with E-state index >= 15 is 0 Å². The normalized spacial score (nSPS) is 36.7. The van der Waals surface area contributed by atoms with E-state index in [1.54, 1.807) is 0 Å². The zero-order valence-electron chi connectivity index (χ0n) is 11.7. The van der Waals surface area contributed by atoms with Crippen LogP contribution in [0.1, 0.15) is 71.1 Å². The minimum Gasteiger partial charge on any atom is -0.330 e. The van der Waals surface area contributed by atoms with Crippen molar-refractivity contribution < 1.29 is 0 Å². The molecule has 17 heavy (non-hydrogen) atoms. The Hall–Kier alpha value is -0.0400. The Balaban J connectivity index is 1.97. The van der Waals surface area contributed by atoms with Crippen molar-refractivity contribution >= 4 is 0 Å². The second kappa shape index (κ2) is 6.78. The van der Waals surface area contributed by atoms with Gasteiger partial charge in [-0.25, -0.2) is 0 Å². The fourth-order valence-electron chi connectivity index (χ4n) is 4.34. The van der Waals surface area contributed by atoms with Crippen molar-refractivity contribution in [3.05, 3.63) is 0 Å². The standard InChI is InChI=1S/C16H31N/c1-2-13-9-10-15(12-17)16(11-13)14-7-5-3-4-6-8-14/h13-16H,2-12,17H2,1H3. The van der Waals surface area contributed by atoms with Crippen LogP contribution in [0, 0.1) is 23.7 Å². The first-order chi connectivity index (χ1) is 8.35. The predicted octanol–water partition coefficient (Wildman–Crippen LogP) is 4.36. The van der Waals surface area contributed by atoms with Crippen LogP contribution in [0.4, 0.5) is 0 Å². The fraction of sp³-hybridized carbons (Fsp3) is 1.00. The van der Waals surface area contributed by atoms with E-state index in [2.05, 4.69) is 6.92 Å². The van der Waals surface area contributed by atoms with Crippen LogP contribution < -0.4 is 5.73 Å². The van der Waals surface area contributed by atoms with E-state index in [9.17, 15) is 0 Å². The number of hydrogen-bond acceptors (Lipinski definition) is 1. The first kappa shape index (κ1) is 13.4. The Morgan fingerprint density at radius 2 is 1.65 bits per heavy atom. The van der Waals surface area contributed by atoms with Crippen molar-refractivity contribution in [3.8, 4) is 0 Å². The largest absolute Gasteiger partial charge is 0.330 e. The number of rotatable bonds is 3. The van der Waals surface area contributed by atoms with Gasteiger partial charge in [-0.05, 0) is 43.1 Å². The molecular formula is C16H31N. The van der Waals surface area contributed by atoms with Crippen molar-refractivity contribution in [2.45, 2.75) is 71.1 Å². The maximum absolute atomic E-state index is 6.03. The molecule has 2 fully saturated rings. The molecule has 0 saturated heterocycles. The third kappa shape index (κ3) is 3.47. The lowest BCUT2D eigenvalue weighted by Gasteiger charge is -2.40. The summed E-state index contributed by atoms with van der Waals surface area (Å²) < 4.78 is 0. The van der Waals surface area contributed by atoms with E-state index in [0.29, 0.717) is 0 Å². The summed E-state index contributed by atoms with van der Waals surface area (Å²) in [5, 5.41) is 0. The highest BCUT2D eigenvalue weighted by Crippen LogP contribution is 2.43. The topological polar surface area (TPSA) is 26.0 Å². The first-order valence-corrected chi connectivity index (χ1v) is 8.05. The molecule has 0 aromatic rings. The van der Waals surface area contributed by atoms with Crippen LogP contribution in [0.25, 0.3) is 0 Å². The van der Waals surface area contributed by atoms with Crippen LogP contribution in [0.5, 0.6) is 0 Å². The lowest BCUT2D eigenvalue weighted by Crippen LogP contribution is -2.34. The van der Waals surface area contributed by atoms with E-state index in [-0.39, 0.29) is 0 Å². The highest BCUT2D eigenvalue weighted by molar-refractivity contribution is 4.85. The lowest BCUT2D eigenvalue weighted by atomic mass is 9.66. The molecule has 0 heterocycles. The number of nitrogens with two attached hydrogens (primary N) is 1. The molecule has 100 valence electrons. The minimum atomic E-state index is 0.848.